The van der Waals surface area contributed by atoms with E-state index in [1.54, 1.807) is 0 Å². The second kappa shape index (κ2) is 9.09. The molecule has 0 saturated carbocycles. The number of nitrogens with one attached hydrogen (secondary N) is 1. The van der Waals surface area contributed by atoms with Gasteiger partial charge in [0, 0.05) is 4.88 Å². The summed E-state index contributed by atoms with van der Waals surface area (Å²) < 4.78 is 10.8. The Labute approximate surface area is 173 Å². The van der Waals surface area contributed by atoms with E-state index in [4.69, 9.17) is 15.2 Å². The topological polar surface area (TPSA) is 108 Å². The Bertz CT molecular complexity index is 937. The third-order valence-corrected chi connectivity index (χ3v) is 5.95. The standard InChI is InChI=1S/C21H24N2O5S/c1-12-6-3-4-8-15(12)27-11-10-17(24)28-13(2)20(26)23-21-18(19(22)25)14-7-5-9-16(14)29-21/h3-4,6,8,13H,5,7,9-11H2,1-2H3,(H2,22,25)(H,23,26)/t13-/m0/s1. The minimum atomic E-state index is -1.00. The number of benzene rings is 1. The van der Waals surface area contributed by atoms with Gasteiger partial charge in [-0.3, -0.25) is 14.4 Å². The van der Waals surface area contributed by atoms with Gasteiger partial charge in [0.1, 0.15) is 10.8 Å². The zero-order valence-corrected chi connectivity index (χ0v) is 17.3. The molecule has 1 atom stereocenters. The molecule has 0 radical (unpaired) electrons. The van der Waals surface area contributed by atoms with Gasteiger partial charge >= 0.3 is 5.97 Å². The quantitative estimate of drug-likeness (QED) is 0.643. The van der Waals surface area contributed by atoms with Crippen molar-refractivity contribution in [1.82, 2.24) is 0 Å². The van der Waals surface area contributed by atoms with Crippen molar-refractivity contribution in [3.63, 3.8) is 0 Å². The van der Waals surface area contributed by atoms with Crippen LogP contribution in [0.25, 0.3) is 0 Å². The number of hydrogen-bond acceptors (Lipinski definition) is 6. The molecule has 0 fully saturated rings. The van der Waals surface area contributed by atoms with Crippen LogP contribution in [0, 0.1) is 6.92 Å². The highest BCUT2D eigenvalue weighted by Crippen LogP contribution is 2.38. The summed E-state index contributed by atoms with van der Waals surface area (Å²) in [5.41, 5.74) is 7.77. The van der Waals surface area contributed by atoms with Gasteiger partial charge in [0.15, 0.2) is 6.10 Å². The Kier molecular flexibility index (Phi) is 6.53. The number of carbonyl (C=O) groups is 3. The van der Waals surface area contributed by atoms with E-state index in [0.717, 1.165) is 35.3 Å². The van der Waals surface area contributed by atoms with E-state index in [1.165, 1.54) is 18.3 Å². The van der Waals surface area contributed by atoms with Gasteiger partial charge in [-0.2, -0.15) is 0 Å². The van der Waals surface area contributed by atoms with Crippen LogP contribution in [0.2, 0.25) is 0 Å². The SMILES string of the molecule is Cc1ccccc1OCCC(=O)O[C@@H](C)C(=O)Nc1sc2c(c1C(N)=O)CCC2. The summed E-state index contributed by atoms with van der Waals surface area (Å²) in [4.78, 5) is 37.3. The highest BCUT2D eigenvalue weighted by Gasteiger charge is 2.27. The van der Waals surface area contributed by atoms with Gasteiger partial charge in [-0.1, -0.05) is 18.2 Å². The van der Waals surface area contributed by atoms with Gasteiger partial charge in [-0.05, 0) is 50.3 Å². The summed E-state index contributed by atoms with van der Waals surface area (Å²) in [5, 5.41) is 3.11. The minimum Gasteiger partial charge on any atom is -0.493 e. The van der Waals surface area contributed by atoms with Crippen molar-refractivity contribution in [2.24, 2.45) is 5.73 Å². The van der Waals surface area contributed by atoms with Crippen LogP contribution in [0.3, 0.4) is 0 Å². The molecule has 1 heterocycles. The molecule has 2 amide bonds. The summed E-state index contributed by atoms with van der Waals surface area (Å²) in [6.45, 7) is 3.56. The molecule has 1 aromatic carbocycles. The maximum Gasteiger partial charge on any atom is 0.310 e. The Hall–Kier alpha value is -2.87. The molecule has 1 aliphatic rings. The van der Waals surface area contributed by atoms with Crippen molar-refractivity contribution in [3.8, 4) is 5.75 Å². The third-order valence-electron chi connectivity index (χ3n) is 4.74. The smallest absolute Gasteiger partial charge is 0.310 e. The zero-order chi connectivity index (χ0) is 21.0. The Morgan fingerprint density at radius 2 is 2.00 bits per heavy atom. The fourth-order valence-corrected chi connectivity index (χ4v) is 4.54. The molecular formula is C21H24N2O5S. The number of amides is 2. The van der Waals surface area contributed by atoms with Gasteiger partial charge in [0.25, 0.3) is 11.8 Å². The van der Waals surface area contributed by atoms with Crippen LogP contribution in [-0.4, -0.2) is 30.5 Å². The first kappa shape index (κ1) is 20.9. The van der Waals surface area contributed by atoms with Crippen molar-refractivity contribution in [1.29, 1.82) is 0 Å². The van der Waals surface area contributed by atoms with Gasteiger partial charge in [-0.25, -0.2) is 0 Å². The van der Waals surface area contributed by atoms with E-state index in [9.17, 15) is 14.4 Å². The lowest BCUT2D eigenvalue weighted by Gasteiger charge is -2.14. The number of thiophene rings is 1. The average Bonchev–Trinajstić information content (AvgIpc) is 3.23. The molecule has 0 saturated heterocycles. The first-order chi connectivity index (χ1) is 13.9. The molecule has 0 unspecified atom stereocenters. The highest BCUT2D eigenvalue weighted by molar-refractivity contribution is 7.17. The van der Waals surface area contributed by atoms with Gasteiger partial charge in [0.2, 0.25) is 0 Å². The molecule has 154 valence electrons. The summed E-state index contributed by atoms with van der Waals surface area (Å²) >= 11 is 1.36. The predicted molar refractivity (Wildman–Crippen MR) is 110 cm³/mol. The number of fused-ring (bicyclic) bond motifs is 1. The van der Waals surface area contributed by atoms with Crippen LogP contribution < -0.4 is 15.8 Å². The van der Waals surface area contributed by atoms with E-state index in [-0.39, 0.29) is 13.0 Å². The largest absolute Gasteiger partial charge is 0.493 e. The van der Waals surface area contributed by atoms with Gasteiger partial charge < -0.3 is 20.5 Å². The second-order valence-electron chi connectivity index (χ2n) is 6.91. The number of primary amides is 1. The number of aryl methyl sites for hydroxylation is 2. The molecule has 3 N–H and O–H groups in total. The average molecular weight is 416 g/mol. The van der Waals surface area contributed by atoms with E-state index in [1.807, 2.05) is 31.2 Å². The normalized spacial score (nSPS) is 13.4. The van der Waals surface area contributed by atoms with Crippen LogP contribution in [0.1, 0.15) is 46.1 Å². The lowest BCUT2D eigenvalue weighted by molar-refractivity contribution is -0.153. The molecule has 0 spiro atoms. The Morgan fingerprint density at radius 3 is 2.72 bits per heavy atom. The van der Waals surface area contributed by atoms with Crippen molar-refractivity contribution < 1.29 is 23.9 Å². The molecule has 8 heteroatoms. The summed E-state index contributed by atoms with van der Waals surface area (Å²) in [7, 11) is 0. The fourth-order valence-electron chi connectivity index (χ4n) is 3.24. The van der Waals surface area contributed by atoms with Crippen molar-refractivity contribution in [3.05, 3.63) is 45.8 Å². The van der Waals surface area contributed by atoms with E-state index in [0.29, 0.717) is 16.3 Å². The maximum atomic E-state index is 12.4. The van der Waals surface area contributed by atoms with Crippen molar-refractivity contribution in [2.75, 3.05) is 11.9 Å². The number of para-hydroxylation sites is 1. The van der Waals surface area contributed by atoms with Crippen molar-refractivity contribution >= 4 is 34.1 Å². The molecule has 2 aromatic rings. The molecule has 0 aliphatic heterocycles. The summed E-state index contributed by atoms with van der Waals surface area (Å²) in [6.07, 6.45) is 1.66. The molecule has 1 aromatic heterocycles. The fraction of sp³-hybridized carbons (Fsp3) is 0.381. The number of hydrogen-bond donors (Lipinski definition) is 2. The van der Waals surface area contributed by atoms with E-state index < -0.39 is 23.9 Å². The Balaban J connectivity index is 1.51. The lowest BCUT2D eigenvalue weighted by atomic mass is 10.1. The molecule has 1 aliphatic carbocycles. The number of carbonyl (C=O) groups excluding carboxylic acids is 3. The first-order valence-electron chi connectivity index (χ1n) is 9.50. The van der Waals surface area contributed by atoms with Crippen molar-refractivity contribution in [2.45, 2.75) is 45.6 Å². The summed E-state index contributed by atoms with van der Waals surface area (Å²) in [6, 6.07) is 7.50. The predicted octanol–water partition coefficient (Wildman–Crippen LogP) is 2.98. The van der Waals surface area contributed by atoms with Crippen LogP contribution in [-0.2, 0) is 27.2 Å². The molecular weight excluding hydrogens is 392 g/mol. The van der Waals surface area contributed by atoms with E-state index >= 15 is 0 Å². The monoisotopic (exact) mass is 416 g/mol. The lowest BCUT2D eigenvalue weighted by Crippen LogP contribution is -2.31. The summed E-state index contributed by atoms with van der Waals surface area (Å²) in [5.74, 6) is -0.890. The zero-order valence-electron chi connectivity index (χ0n) is 16.4. The number of anilines is 1. The number of nitrogens with two attached hydrogens (primary N) is 1. The first-order valence-corrected chi connectivity index (χ1v) is 10.3. The van der Waals surface area contributed by atoms with Gasteiger partial charge in [0.05, 0.1) is 18.6 Å². The van der Waals surface area contributed by atoms with Crippen LogP contribution in [0.5, 0.6) is 5.75 Å². The molecule has 7 nitrogen and oxygen atoms in total. The highest BCUT2D eigenvalue weighted by atomic mass is 32.1. The molecule has 0 bridgehead atoms. The molecule has 29 heavy (non-hydrogen) atoms. The van der Waals surface area contributed by atoms with Crippen LogP contribution in [0.15, 0.2) is 24.3 Å². The minimum absolute atomic E-state index is 0.0196. The number of rotatable bonds is 8. The number of ether oxygens (including phenoxy) is 2. The maximum absolute atomic E-state index is 12.4. The molecule has 3 rings (SSSR count). The Morgan fingerprint density at radius 1 is 1.24 bits per heavy atom. The van der Waals surface area contributed by atoms with Crippen LogP contribution in [0.4, 0.5) is 5.00 Å². The second-order valence-corrected chi connectivity index (χ2v) is 8.02. The number of esters is 1. The van der Waals surface area contributed by atoms with Gasteiger partial charge in [-0.15, -0.1) is 11.3 Å². The third kappa shape index (κ3) is 4.95. The van der Waals surface area contributed by atoms with E-state index in [2.05, 4.69) is 5.32 Å². The van der Waals surface area contributed by atoms with Crippen LogP contribution >= 0.6 is 11.3 Å².